The minimum Gasteiger partial charge on any atom is -0.337 e. The van der Waals surface area contributed by atoms with Crippen LogP contribution in [0.2, 0.25) is 10.0 Å². The summed E-state index contributed by atoms with van der Waals surface area (Å²) >= 11 is 16.2. The quantitative estimate of drug-likeness (QED) is 0.269. The van der Waals surface area contributed by atoms with Crippen LogP contribution in [-0.4, -0.2) is 9.97 Å². The molecule has 0 spiro atoms. The van der Waals surface area contributed by atoms with Gasteiger partial charge in [-0.1, -0.05) is 76.2 Å². The molecule has 4 nitrogen and oxygen atoms in total. The lowest BCUT2D eigenvalue weighted by Gasteiger charge is -2.22. The molecular weight excluding hydrogens is 443 g/mol. The molecule has 144 valence electrons. The van der Waals surface area contributed by atoms with Crippen molar-refractivity contribution in [1.82, 2.24) is 9.97 Å². The van der Waals surface area contributed by atoms with Crippen molar-refractivity contribution in [2.24, 2.45) is 0 Å². The molecule has 2 aromatic heterocycles. The Bertz CT molecular complexity index is 1150. The van der Waals surface area contributed by atoms with Gasteiger partial charge in [-0.25, -0.2) is 9.97 Å². The molecule has 0 saturated heterocycles. The number of rotatable bonds is 5. The fourth-order valence-corrected chi connectivity index (χ4v) is 5.49. The Morgan fingerprint density at radius 1 is 0.655 bits per heavy atom. The molecule has 2 N–H and O–H groups in total. The number of para-hydroxylation sites is 2. The van der Waals surface area contributed by atoms with E-state index in [1.165, 1.54) is 0 Å². The van der Waals surface area contributed by atoms with Crippen LogP contribution in [0.5, 0.6) is 0 Å². The van der Waals surface area contributed by atoms with Gasteiger partial charge in [0.1, 0.15) is 6.17 Å². The van der Waals surface area contributed by atoms with Crippen molar-refractivity contribution >= 4 is 76.6 Å². The van der Waals surface area contributed by atoms with Crippen LogP contribution >= 0.6 is 45.9 Å². The third kappa shape index (κ3) is 3.76. The molecule has 0 radical (unpaired) electrons. The number of nitrogens with zero attached hydrogens (tertiary/aromatic N) is 2. The molecule has 3 aromatic carbocycles. The summed E-state index contributed by atoms with van der Waals surface area (Å²) in [7, 11) is 0. The van der Waals surface area contributed by atoms with E-state index in [9.17, 15) is 0 Å². The SMILES string of the molecule is Clc1cccc(Cl)c1C(Nc1nc2ccccc2s1)Nc1nc2ccccc2s1. The monoisotopic (exact) mass is 456 g/mol. The highest BCUT2D eigenvalue weighted by atomic mass is 35.5. The van der Waals surface area contributed by atoms with Crippen LogP contribution in [-0.2, 0) is 0 Å². The molecule has 0 aliphatic carbocycles. The van der Waals surface area contributed by atoms with E-state index in [4.69, 9.17) is 23.2 Å². The third-order valence-corrected chi connectivity index (χ3v) is 7.01. The zero-order valence-corrected chi connectivity index (χ0v) is 18.0. The van der Waals surface area contributed by atoms with Gasteiger partial charge in [0.05, 0.1) is 20.4 Å². The summed E-state index contributed by atoms with van der Waals surface area (Å²) in [5, 5.41) is 9.61. The third-order valence-electron chi connectivity index (χ3n) is 4.41. The van der Waals surface area contributed by atoms with Crippen LogP contribution in [0.3, 0.4) is 0 Å². The zero-order chi connectivity index (χ0) is 19.8. The largest absolute Gasteiger partial charge is 0.337 e. The predicted molar refractivity (Wildman–Crippen MR) is 126 cm³/mol. The van der Waals surface area contributed by atoms with Gasteiger partial charge in [0.25, 0.3) is 0 Å². The number of nitrogens with one attached hydrogen (secondary N) is 2. The average Bonchev–Trinajstić information content (AvgIpc) is 3.30. The summed E-state index contributed by atoms with van der Waals surface area (Å²) in [5.41, 5.74) is 2.65. The highest BCUT2D eigenvalue weighted by Crippen LogP contribution is 2.36. The molecular formula is C21H14Cl2N4S2. The molecule has 0 unspecified atom stereocenters. The van der Waals surface area contributed by atoms with E-state index in [1.807, 2.05) is 54.6 Å². The molecule has 0 amide bonds. The van der Waals surface area contributed by atoms with E-state index < -0.39 is 6.17 Å². The van der Waals surface area contributed by atoms with Crippen molar-refractivity contribution < 1.29 is 0 Å². The lowest BCUT2D eigenvalue weighted by atomic mass is 10.1. The number of benzene rings is 3. The van der Waals surface area contributed by atoms with Crippen molar-refractivity contribution in [3.8, 4) is 0 Å². The van der Waals surface area contributed by atoms with Gasteiger partial charge in [0, 0.05) is 15.6 Å². The molecule has 0 bridgehead atoms. The molecule has 2 heterocycles. The van der Waals surface area contributed by atoms with Crippen molar-refractivity contribution in [3.05, 3.63) is 82.3 Å². The summed E-state index contributed by atoms with van der Waals surface area (Å²) in [4.78, 5) is 9.37. The highest BCUT2D eigenvalue weighted by molar-refractivity contribution is 7.22. The molecule has 29 heavy (non-hydrogen) atoms. The normalized spacial score (nSPS) is 11.4. The van der Waals surface area contributed by atoms with Gasteiger partial charge in [-0.2, -0.15) is 0 Å². The summed E-state index contributed by atoms with van der Waals surface area (Å²) in [6, 6.07) is 21.6. The first kappa shape index (κ1) is 18.6. The smallest absolute Gasteiger partial charge is 0.185 e. The maximum atomic E-state index is 6.52. The number of hydrogen-bond acceptors (Lipinski definition) is 6. The van der Waals surface area contributed by atoms with Gasteiger partial charge < -0.3 is 10.6 Å². The van der Waals surface area contributed by atoms with Crippen molar-refractivity contribution in [2.75, 3.05) is 10.6 Å². The van der Waals surface area contributed by atoms with Crippen LogP contribution in [0, 0.1) is 0 Å². The maximum absolute atomic E-state index is 6.52. The van der Waals surface area contributed by atoms with Gasteiger partial charge in [-0.3, -0.25) is 0 Å². The summed E-state index contributed by atoms with van der Waals surface area (Å²) in [5.74, 6) is 0. The number of thiazole rings is 2. The van der Waals surface area contributed by atoms with Crippen LogP contribution < -0.4 is 10.6 Å². The minimum absolute atomic E-state index is 0.391. The second kappa shape index (κ2) is 7.80. The molecule has 8 heteroatoms. The number of anilines is 2. The predicted octanol–water partition coefficient (Wildman–Crippen LogP) is 7.44. The fraction of sp³-hybridized carbons (Fsp3) is 0.0476. The molecule has 5 aromatic rings. The number of aromatic nitrogens is 2. The Morgan fingerprint density at radius 3 is 1.62 bits per heavy atom. The van der Waals surface area contributed by atoms with E-state index in [0.29, 0.717) is 10.0 Å². The van der Waals surface area contributed by atoms with Crippen molar-refractivity contribution in [1.29, 1.82) is 0 Å². The molecule has 5 rings (SSSR count). The first-order valence-corrected chi connectivity index (χ1v) is 11.2. The average molecular weight is 457 g/mol. The zero-order valence-electron chi connectivity index (χ0n) is 14.9. The lowest BCUT2D eigenvalue weighted by molar-refractivity contribution is 0.898. The summed E-state index contributed by atoms with van der Waals surface area (Å²) in [6.07, 6.45) is -0.391. The van der Waals surface area contributed by atoms with E-state index in [2.05, 4.69) is 32.7 Å². The summed E-state index contributed by atoms with van der Waals surface area (Å²) in [6.45, 7) is 0. The second-order valence-corrected chi connectivity index (χ2v) is 9.21. The van der Waals surface area contributed by atoms with Crippen LogP contribution in [0.15, 0.2) is 66.7 Å². The van der Waals surface area contributed by atoms with Crippen LogP contribution in [0.4, 0.5) is 10.3 Å². The number of fused-ring (bicyclic) bond motifs is 2. The first-order chi connectivity index (χ1) is 14.2. The van der Waals surface area contributed by atoms with E-state index in [0.717, 1.165) is 36.3 Å². The molecule has 0 aliphatic rings. The standard InChI is InChI=1S/C21H14Cl2N4S2/c22-12-6-5-7-13(23)18(12)19(26-20-24-14-8-1-3-10-16(14)28-20)27-21-25-15-9-2-4-11-17(15)29-21/h1-11,19H,(H,24,26)(H,25,27). The minimum atomic E-state index is -0.391. The van der Waals surface area contributed by atoms with Gasteiger partial charge in [-0.15, -0.1) is 0 Å². The van der Waals surface area contributed by atoms with Crippen LogP contribution in [0.25, 0.3) is 20.4 Å². The fourth-order valence-electron chi connectivity index (χ4n) is 3.08. The van der Waals surface area contributed by atoms with E-state index in [-0.39, 0.29) is 0 Å². The summed E-state index contributed by atoms with van der Waals surface area (Å²) < 4.78 is 2.22. The Morgan fingerprint density at radius 2 is 1.14 bits per heavy atom. The van der Waals surface area contributed by atoms with Gasteiger partial charge in [0.2, 0.25) is 0 Å². The van der Waals surface area contributed by atoms with Gasteiger partial charge in [0.15, 0.2) is 10.3 Å². The second-order valence-electron chi connectivity index (χ2n) is 6.33. The maximum Gasteiger partial charge on any atom is 0.185 e. The Labute approximate surface area is 185 Å². The van der Waals surface area contributed by atoms with Crippen LogP contribution in [0.1, 0.15) is 11.7 Å². The first-order valence-electron chi connectivity index (χ1n) is 8.85. The number of hydrogen-bond donors (Lipinski definition) is 2. The van der Waals surface area contributed by atoms with Crippen molar-refractivity contribution in [2.45, 2.75) is 6.17 Å². The molecule has 0 fully saturated rings. The Hall–Kier alpha value is -2.38. The Balaban J connectivity index is 1.54. The van der Waals surface area contributed by atoms with Crippen molar-refractivity contribution in [3.63, 3.8) is 0 Å². The van der Waals surface area contributed by atoms with E-state index >= 15 is 0 Å². The highest BCUT2D eigenvalue weighted by Gasteiger charge is 2.21. The molecule has 0 saturated carbocycles. The molecule has 0 atom stereocenters. The number of halogens is 2. The lowest BCUT2D eigenvalue weighted by Crippen LogP contribution is -2.20. The molecule has 0 aliphatic heterocycles. The van der Waals surface area contributed by atoms with Gasteiger partial charge >= 0.3 is 0 Å². The van der Waals surface area contributed by atoms with E-state index in [1.54, 1.807) is 22.7 Å². The Kier molecular flexibility index (Phi) is 5.01. The van der Waals surface area contributed by atoms with Gasteiger partial charge in [-0.05, 0) is 36.4 Å². The topological polar surface area (TPSA) is 49.8 Å².